The van der Waals surface area contributed by atoms with Gasteiger partial charge in [-0.3, -0.25) is 9.59 Å². The Kier molecular flexibility index (Phi) is 5.43. The average molecular weight is 314 g/mol. The molecule has 0 unspecified atom stereocenters. The van der Waals surface area contributed by atoms with Crippen molar-refractivity contribution in [3.8, 4) is 5.88 Å². The first-order valence-corrected chi connectivity index (χ1v) is 6.02. The number of aromatic amines is 1. The second-order valence-corrected chi connectivity index (χ2v) is 3.90. The fraction of sp³-hybridized carbons (Fsp3) is 0.455. The largest absolute Gasteiger partial charge is 0.574 e. The molecular weight excluding hydrogens is 303 g/mol. The fourth-order valence-electron chi connectivity index (χ4n) is 1.41. The Bertz CT molecular complexity index is 541. The van der Waals surface area contributed by atoms with Crippen LogP contribution in [-0.4, -0.2) is 23.9 Å². The first kappa shape index (κ1) is 16.4. The second-order valence-electron chi connectivity index (χ2n) is 3.63. The zero-order valence-corrected chi connectivity index (χ0v) is 11.1. The summed E-state index contributed by atoms with van der Waals surface area (Å²) < 4.78 is 45.0. The quantitative estimate of drug-likeness (QED) is 0.668. The smallest absolute Gasteiger partial charge is 0.466 e. The molecule has 1 aromatic heterocycles. The van der Waals surface area contributed by atoms with Crippen LogP contribution in [0.25, 0.3) is 0 Å². The second kappa shape index (κ2) is 6.65. The maximum Gasteiger partial charge on any atom is 0.574 e. The summed E-state index contributed by atoms with van der Waals surface area (Å²) in [6.07, 6.45) is -5.35. The minimum atomic E-state index is -4.98. The molecule has 0 aliphatic rings. The maximum absolute atomic E-state index is 12.2. The molecule has 1 N–H and O–H groups in total. The van der Waals surface area contributed by atoms with Gasteiger partial charge in [-0.2, -0.15) is 0 Å². The lowest BCUT2D eigenvalue weighted by Crippen LogP contribution is -2.23. The van der Waals surface area contributed by atoms with Crippen molar-refractivity contribution in [2.45, 2.75) is 25.6 Å². The number of ether oxygens (including phenoxy) is 2. The molecule has 0 aliphatic carbocycles. The Morgan fingerprint density at radius 1 is 1.45 bits per heavy atom. The number of nitrogens with one attached hydrogen (secondary N) is 1. The van der Waals surface area contributed by atoms with E-state index < -0.39 is 29.5 Å². The van der Waals surface area contributed by atoms with E-state index in [-0.39, 0.29) is 24.3 Å². The number of alkyl halides is 4. The van der Waals surface area contributed by atoms with E-state index in [0.29, 0.717) is 0 Å². The minimum Gasteiger partial charge on any atom is -0.466 e. The van der Waals surface area contributed by atoms with Gasteiger partial charge in [-0.1, -0.05) is 0 Å². The summed E-state index contributed by atoms with van der Waals surface area (Å²) >= 11 is 5.42. The molecule has 1 rings (SSSR count). The normalized spacial score (nSPS) is 11.2. The van der Waals surface area contributed by atoms with E-state index in [1.165, 1.54) is 0 Å². The molecule has 0 saturated heterocycles. The topological polar surface area (TPSA) is 68.4 Å². The predicted molar refractivity (Wildman–Crippen MR) is 63.6 cm³/mol. The number of H-pyrrole nitrogens is 1. The molecule has 112 valence electrons. The van der Waals surface area contributed by atoms with Crippen LogP contribution in [0.3, 0.4) is 0 Å². The van der Waals surface area contributed by atoms with E-state index in [1.807, 2.05) is 0 Å². The number of esters is 1. The third-order valence-electron chi connectivity index (χ3n) is 2.14. The van der Waals surface area contributed by atoms with Crippen LogP contribution in [0.15, 0.2) is 10.9 Å². The number of carbonyl (C=O) groups excluding carboxylic acids is 1. The Morgan fingerprint density at radius 3 is 2.60 bits per heavy atom. The molecule has 0 amide bonds. The highest BCUT2D eigenvalue weighted by Gasteiger charge is 2.33. The lowest BCUT2D eigenvalue weighted by Gasteiger charge is -2.13. The molecule has 1 heterocycles. The summed E-state index contributed by atoms with van der Waals surface area (Å²) in [5, 5.41) is 0. The van der Waals surface area contributed by atoms with Crippen LogP contribution in [0.4, 0.5) is 13.2 Å². The van der Waals surface area contributed by atoms with E-state index in [4.69, 9.17) is 11.6 Å². The lowest BCUT2D eigenvalue weighted by atomic mass is 10.2. The van der Waals surface area contributed by atoms with Crippen molar-refractivity contribution in [1.29, 1.82) is 0 Å². The highest BCUT2D eigenvalue weighted by Crippen LogP contribution is 2.24. The van der Waals surface area contributed by atoms with E-state index in [2.05, 4.69) is 14.5 Å². The molecule has 0 spiro atoms. The van der Waals surface area contributed by atoms with Crippen LogP contribution in [0.2, 0.25) is 0 Å². The Hall–Kier alpha value is -1.70. The number of aromatic nitrogens is 1. The molecule has 0 fully saturated rings. The summed E-state index contributed by atoms with van der Waals surface area (Å²) in [5.41, 5.74) is -1.17. The number of halogens is 4. The van der Waals surface area contributed by atoms with Gasteiger partial charge in [-0.15, -0.1) is 24.8 Å². The van der Waals surface area contributed by atoms with Gasteiger partial charge >= 0.3 is 12.3 Å². The van der Waals surface area contributed by atoms with Crippen molar-refractivity contribution >= 4 is 17.6 Å². The molecule has 0 atom stereocenters. The van der Waals surface area contributed by atoms with Crippen LogP contribution < -0.4 is 10.2 Å². The monoisotopic (exact) mass is 313 g/mol. The Balaban J connectivity index is 3.11. The number of carbonyl (C=O) groups is 1. The van der Waals surface area contributed by atoms with Crippen LogP contribution in [0, 0.1) is 0 Å². The third kappa shape index (κ3) is 4.76. The number of hydrogen-bond donors (Lipinski definition) is 1. The molecule has 0 bridgehead atoms. The first-order chi connectivity index (χ1) is 9.26. The lowest BCUT2D eigenvalue weighted by molar-refractivity contribution is -0.276. The van der Waals surface area contributed by atoms with Gasteiger partial charge in [-0.25, -0.2) is 0 Å². The number of rotatable bonds is 5. The standard InChI is InChI=1S/C11H11ClF3NO4/c1-2-19-9(18)4-6-3-8(17)7(5-12)10(16-6)20-11(13,14)15/h3H,2,4-5H2,1H3,(H,16,17). The minimum absolute atomic E-state index is 0.0541. The summed E-state index contributed by atoms with van der Waals surface area (Å²) in [7, 11) is 0. The zero-order valence-electron chi connectivity index (χ0n) is 10.3. The zero-order chi connectivity index (χ0) is 15.3. The summed E-state index contributed by atoms with van der Waals surface area (Å²) in [6.45, 7) is 1.70. The summed E-state index contributed by atoms with van der Waals surface area (Å²) in [5.74, 6) is -1.96. The van der Waals surface area contributed by atoms with E-state index in [1.54, 1.807) is 6.92 Å². The molecule has 0 saturated carbocycles. The summed E-state index contributed by atoms with van der Waals surface area (Å²) in [6, 6.07) is 0.984. The van der Waals surface area contributed by atoms with Crippen molar-refractivity contribution in [3.05, 3.63) is 27.5 Å². The molecule has 20 heavy (non-hydrogen) atoms. The van der Waals surface area contributed by atoms with Gasteiger partial charge in [0.1, 0.15) is 0 Å². The van der Waals surface area contributed by atoms with Crippen LogP contribution >= 0.6 is 11.6 Å². The highest BCUT2D eigenvalue weighted by molar-refractivity contribution is 6.17. The van der Waals surface area contributed by atoms with Crippen molar-refractivity contribution in [2.75, 3.05) is 6.61 Å². The third-order valence-corrected chi connectivity index (χ3v) is 2.41. The van der Waals surface area contributed by atoms with Crippen molar-refractivity contribution in [1.82, 2.24) is 4.98 Å². The van der Waals surface area contributed by atoms with Gasteiger partial charge in [0, 0.05) is 11.8 Å². The SMILES string of the molecule is CCOC(=O)Cc1cc(=O)c(CCl)c(OC(F)(F)F)[nH]1. The number of pyridine rings is 1. The average Bonchev–Trinajstić information content (AvgIpc) is 2.26. The van der Waals surface area contributed by atoms with Gasteiger partial charge in [-0.05, 0) is 6.92 Å². The number of hydrogen-bond acceptors (Lipinski definition) is 4. The molecule has 0 radical (unpaired) electrons. The van der Waals surface area contributed by atoms with Gasteiger partial charge in [0.15, 0.2) is 5.43 Å². The maximum atomic E-state index is 12.2. The predicted octanol–water partition coefficient (Wildman–Crippen LogP) is 2.12. The van der Waals surface area contributed by atoms with Gasteiger partial charge in [0.25, 0.3) is 0 Å². The van der Waals surface area contributed by atoms with Crippen LogP contribution in [-0.2, 0) is 21.8 Å². The molecule has 5 nitrogen and oxygen atoms in total. The van der Waals surface area contributed by atoms with E-state index in [0.717, 1.165) is 6.07 Å². The fourth-order valence-corrected chi connectivity index (χ4v) is 1.66. The van der Waals surface area contributed by atoms with Gasteiger partial charge < -0.3 is 14.5 Å². The first-order valence-electron chi connectivity index (χ1n) is 5.49. The molecule has 0 aromatic carbocycles. The van der Waals surface area contributed by atoms with E-state index in [9.17, 15) is 22.8 Å². The molecule has 0 aliphatic heterocycles. The van der Waals surface area contributed by atoms with Gasteiger partial charge in [0.05, 0.1) is 24.5 Å². The van der Waals surface area contributed by atoms with Crippen LogP contribution in [0.1, 0.15) is 18.2 Å². The molecule has 1 aromatic rings. The summed E-state index contributed by atoms with van der Waals surface area (Å²) in [4.78, 5) is 25.1. The molecular formula is C11H11ClF3NO4. The van der Waals surface area contributed by atoms with Crippen molar-refractivity contribution in [2.24, 2.45) is 0 Å². The van der Waals surface area contributed by atoms with Gasteiger partial charge in [0.2, 0.25) is 5.88 Å². The van der Waals surface area contributed by atoms with Crippen LogP contribution in [0.5, 0.6) is 5.88 Å². The Morgan fingerprint density at radius 2 is 2.10 bits per heavy atom. The van der Waals surface area contributed by atoms with E-state index >= 15 is 0 Å². The van der Waals surface area contributed by atoms with Crippen molar-refractivity contribution < 1.29 is 27.4 Å². The van der Waals surface area contributed by atoms with Crippen molar-refractivity contribution in [3.63, 3.8) is 0 Å². The highest BCUT2D eigenvalue weighted by atomic mass is 35.5. The molecule has 9 heteroatoms. The Labute approximate surface area is 116 Å².